The maximum absolute atomic E-state index is 10.9. The van der Waals surface area contributed by atoms with E-state index in [1.54, 1.807) is 0 Å². The van der Waals surface area contributed by atoms with Crippen LogP contribution in [0.1, 0.15) is 29.6 Å². The fraction of sp³-hybridized carbons (Fsp3) is 0.412. The zero-order chi connectivity index (χ0) is 14.3. The molecule has 1 aromatic carbocycles. The van der Waals surface area contributed by atoms with Crippen molar-refractivity contribution in [3.8, 4) is 0 Å². The molecule has 2 fully saturated rings. The fourth-order valence-corrected chi connectivity index (χ4v) is 3.66. The lowest BCUT2D eigenvalue weighted by Gasteiger charge is -2.34. The Kier molecular flexibility index (Phi) is 2.93. The van der Waals surface area contributed by atoms with Crippen molar-refractivity contribution in [2.75, 3.05) is 24.7 Å². The second kappa shape index (κ2) is 4.81. The van der Waals surface area contributed by atoms with Gasteiger partial charge in [-0.05, 0) is 49.6 Å². The first-order chi connectivity index (χ1) is 10.3. The van der Waals surface area contributed by atoms with Crippen molar-refractivity contribution in [2.24, 2.45) is 0 Å². The smallest absolute Gasteiger partial charge is 0.150 e. The Hall–Kier alpha value is -1.94. The van der Waals surface area contributed by atoms with Gasteiger partial charge in [0.2, 0.25) is 0 Å². The van der Waals surface area contributed by atoms with E-state index in [0.717, 1.165) is 49.2 Å². The number of nitrogens with zero attached hydrogens (tertiary/aromatic N) is 2. The molecule has 0 unspecified atom stereocenters. The summed E-state index contributed by atoms with van der Waals surface area (Å²) in [6.45, 7) is 2.72. The molecule has 0 saturated carbocycles. The number of aromatic nitrogens is 1. The Morgan fingerprint density at radius 3 is 3.00 bits per heavy atom. The van der Waals surface area contributed by atoms with Crippen LogP contribution in [0.2, 0.25) is 0 Å². The summed E-state index contributed by atoms with van der Waals surface area (Å²) in [5.41, 5.74) is 1.79. The highest BCUT2D eigenvalue weighted by molar-refractivity contribution is 5.87. The number of carbonyl (C=O) groups is 1. The molecule has 4 nitrogen and oxygen atoms in total. The molecule has 1 spiro atoms. The molecule has 21 heavy (non-hydrogen) atoms. The van der Waals surface area contributed by atoms with Crippen molar-refractivity contribution in [1.82, 2.24) is 4.98 Å². The van der Waals surface area contributed by atoms with Crippen LogP contribution in [0.25, 0.3) is 10.9 Å². The van der Waals surface area contributed by atoms with Gasteiger partial charge in [0.15, 0.2) is 0 Å². The van der Waals surface area contributed by atoms with Gasteiger partial charge in [0, 0.05) is 24.1 Å². The Morgan fingerprint density at radius 2 is 2.19 bits per heavy atom. The first-order valence-corrected chi connectivity index (χ1v) is 7.52. The molecular weight excluding hydrogens is 264 g/mol. The largest absolute Gasteiger partial charge is 0.379 e. The lowest BCUT2D eigenvalue weighted by atomic mass is 9.95. The van der Waals surface area contributed by atoms with E-state index < -0.39 is 0 Å². The van der Waals surface area contributed by atoms with Crippen LogP contribution in [0, 0.1) is 0 Å². The van der Waals surface area contributed by atoms with E-state index in [0.29, 0.717) is 5.56 Å². The van der Waals surface area contributed by atoms with Gasteiger partial charge in [0.25, 0.3) is 0 Å². The molecule has 108 valence electrons. The molecule has 2 aliphatic rings. The molecule has 2 aliphatic heterocycles. The van der Waals surface area contributed by atoms with E-state index in [4.69, 9.17) is 9.72 Å². The highest BCUT2D eigenvalue weighted by Gasteiger charge is 2.44. The summed E-state index contributed by atoms with van der Waals surface area (Å²) in [5, 5.41) is 1.01. The minimum atomic E-state index is 0.156. The van der Waals surface area contributed by atoms with Crippen LogP contribution in [0.3, 0.4) is 0 Å². The molecule has 0 bridgehead atoms. The van der Waals surface area contributed by atoms with Crippen LogP contribution in [-0.2, 0) is 4.74 Å². The predicted octanol–water partition coefficient (Wildman–Crippen LogP) is 2.81. The van der Waals surface area contributed by atoms with Crippen molar-refractivity contribution in [3.63, 3.8) is 0 Å². The fourth-order valence-electron chi connectivity index (χ4n) is 3.66. The second-order valence-electron chi connectivity index (χ2n) is 6.02. The zero-order valence-electron chi connectivity index (χ0n) is 11.9. The first kappa shape index (κ1) is 12.8. The van der Waals surface area contributed by atoms with Gasteiger partial charge in [-0.2, -0.15) is 0 Å². The molecule has 0 radical (unpaired) electrons. The Labute approximate surface area is 123 Å². The standard InChI is InChI=1S/C17H18N2O2/c20-11-13-2-4-15-14(10-13)3-5-16(18-15)19-8-1-6-17(19)7-9-21-12-17/h2-5,10-11H,1,6-9,12H2/t17-/m0/s1. The van der Waals surface area contributed by atoms with E-state index in [1.807, 2.05) is 18.2 Å². The Morgan fingerprint density at radius 1 is 1.24 bits per heavy atom. The summed E-state index contributed by atoms with van der Waals surface area (Å²) < 4.78 is 5.64. The van der Waals surface area contributed by atoms with E-state index in [-0.39, 0.29) is 5.54 Å². The van der Waals surface area contributed by atoms with Crippen molar-refractivity contribution in [3.05, 3.63) is 35.9 Å². The van der Waals surface area contributed by atoms with Gasteiger partial charge in [-0.25, -0.2) is 4.98 Å². The quantitative estimate of drug-likeness (QED) is 0.794. The third kappa shape index (κ3) is 2.02. The van der Waals surface area contributed by atoms with Gasteiger partial charge in [0.1, 0.15) is 12.1 Å². The molecular formula is C17H18N2O2. The third-order valence-corrected chi connectivity index (χ3v) is 4.79. The molecule has 2 aromatic rings. The predicted molar refractivity (Wildman–Crippen MR) is 81.9 cm³/mol. The van der Waals surface area contributed by atoms with Crippen LogP contribution < -0.4 is 4.90 Å². The average molecular weight is 282 g/mol. The number of ether oxygens (including phenoxy) is 1. The SMILES string of the molecule is O=Cc1ccc2nc(N3CCC[C@@]34CCOC4)ccc2c1. The average Bonchev–Trinajstić information content (AvgIpc) is 3.17. The van der Waals surface area contributed by atoms with Gasteiger partial charge in [-0.15, -0.1) is 0 Å². The summed E-state index contributed by atoms with van der Waals surface area (Å²) in [4.78, 5) is 18.1. The number of aldehydes is 1. The molecule has 1 atom stereocenters. The Bertz CT molecular complexity index is 687. The number of anilines is 1. The number of fused-ring (bicyclic) bond motifs is 1. The molecule has 0 aliphatic carbocycles. The number of hydrogen-bond acceptors (Lipinski definition) is 4. The van der Waals surface area contributed by atoms with Gasteiger partial charge < -0.3 is 9.64 Å². The van der Waals surface area contributed by atoms with Crippen molar-refractivity contribution in [1.29, 1.82) is 0 Å². The lowest BCUT2D eigenvalue weighted by molar-refractivity contribution is 0.112. The van der Waals surface area contributed by atoms with Crippen LogP contribution in [0.5, 0.6) is 0 Å². The zero-order valence-corrected chi connectivity index (χ0v) is 11.9. The summed E-state index contributed by atoms with van der Waals surface area (Å²) >= 11 is 0. The van der Waals surface area contributed by atoms with E-state index >= 15 is 0 Å². The maximum atomic E-state index is 10.9. The van der Waals surface area contributed by atoms with Crippen molar-refractivity contribution < 1.29 is 9.53 Å². The van der Waals surface area contributed by atoms with Gasteiger partial charge in [0.05, 0.1) is 17.7 Å². The molecule has 3 heterocycles. The van der Waals surface area contributed by atoms with E-state index in [2.05, 4.69) is 17.0 Å². The van der Waals surface area contributed by atoms with E-state index in [9.17, 15) is 4.79 Å². The molecule has 4 rings (SSSR count). The Balaban J connectivity index is 1.75. The topological polar surface area (TPSA) is 42.4 Å². The van der Waals surface area contributed by atoms with Crippen LogP contribution >= 0.6 is 0 Å². The number of hydrogen-bond donors (Lipinski definition) is 0. The molecule has 2 saturated heterocycles. The number of rotatable bonds is 2. The molecule has 0 amide bonds. The number of benzene rings is 1. The summed E-state index contributed by atoms with van der Waals surface area (Å²) in [7, 11) is 0. The monoisotopic (exact) mass is 282 g/mol. The second-order valence-corrected chi connectivity index (χ2v) is 6.02. The highest BCUT2D eigenvalue weighted by atomic mass is 16.5. The maximum Gasteiger partial charge on any atom is 0.150 e. The number of pyridine rings is 1. The molecule has 1 aromatic heterocycles. The van der Waals surface area contributed by atoms with Crippen molar-refractivity contribution >= 4 is 23.0 Å². The normalized spacial score (nSPS) is 25.0. The highest BCUT2D eigenvalue weighted by Crippen LogP contribution is 2.39. The minimum Gasteiger partial charge on any atom is -0.379 e. The van der Waals surface area contributed by atoms with Gasteiger partial charge in [-0.1, -0.05) is 0 Å². The molecule has 4 heteroatoms. The summed E-state index contributed by atoms with van der Waals surface area (Å²) in [6, 6.07) is 9.77. The van der Waals surface area contributed by atoms with Crippen LogP contribution in [0.4, 0.5) is 5.82 Å². The third-order valence-electron chi connectivity index (χ3n) is 4.79. The van der Waals surface area contributed by atoms with Crippen LogP contribution in [0.15, 0.2) is 30.3 Å². The van der Waals surface area contributed by atoms with Crippen LogP contribution in [-0.4, -0.2) is 36.6 Å². The first-order valence-electron chi connectivity index (χ1n) is 7.52. The lowest BCUT2D eigenvalue weighted by Crippen LogP contribution is -2.45. The number of carbonyl (C=O) groups excluding carboxylic acids is 1. The summed E-state index contributed by atoms with van der Waals surface area (Å²) in [6.07, 6.45) is 4.36. The molecule has 0 N–H and O–H groups in total. The van der Waals surface area contributed by atoms with Crippen molar-refractivity contribution in [2.45, 2.75) is 24.8 Å². The summed E-state index contributed by atoms with van der Waals surface area (Å²) in [5.74, 6) is 1.03. The van der Waals surface area contributed by atoms with Gasteiger partial charge in [-0.3, -0.25) is 4.79 Å². The van der Waals surface area contributed by atoms with E-state index in [1.165, 1.54) is 12.8 Å². The minimum absolute atomic E-state index is 0.156. The van der Waals surface area contributed by atoms with Gasteiger partial charge >= 0.3 is 0 Å².